The van der Waals surface area contributed by atoms with E-state index in [9.17, 15) is 13.3 Å². The van der Waals surface area contributed by atoms with Gasteiger partial charge in [0.05, 0.1) is 23.3 Å². The van der Waals surface area contributed by atoms with Crippen molar-refractivity contribution >= 4 is 43.9 Å². The molecule has 0 fully saturated rings. The van der Waals surface area contributed by atoms with Crippen molar-refractivity contribution in [2.75, 3.05) is 11.8 Å². The molecule has 1 heterocycles. The Kier molecular flexibility index (Phi) is 4.56. The molecule has 0 bridgehead atoms. The van der Waals surface area contributed by atoms with E-state index in [1.165, 1.54) is 43.6 Å². The van der Waals surface area contributed by atoms with Gasteiger partial charge in [0.15, 0.2) is 0 Å². The molecular formula is C16H12ClN3O4S. The van der Waals surface area contributed by atoms with Crippen LogP contribution in [0, 0.1) is 4.91 Å². The van der Waals surface area contributed by atoms with Gasteiger partial charge in [0.2, 0.25) is 0 Å². The lowest BCUT2D eigenvalue weighted by Crippen LogP contribution is -2.14. The number of benzene rings is 2. The fourth-order valence-electron chi connectivity index (χ4n) is 2.39. The number of sulfonamides is 1. The Morgan fingerprint density at radius 2 is 1.92 bits per heavy atom. The van der Waals surface area contributed by atoms with Crippen molar-refractivity contribution in [1.29, 1.82) is 0 Å². The maximum Gasteiger partial charge on any atom is 0.264 e. The fourth-order valence-corrected chi connectivity index (χ4v) is 3.87. The van der Waals surface area contributed by atoms with Crippen LogP contribution in [0.5, 0.6) is 5.75 Å². The van der Waals surface area contributed by atoms with Gasteiger partial charge in [0, 0.05) is 11.6 Å². The van der Waals surface area contributed by atoms with Gasteiger partial charge in [-0.1, -0.05) is 23.7 Å². The lowest BCUT2D eigenvalue weighted by atomic mass is 10.2. The van der Waals surface area contributed by atoms with Gasteiger partial charge in [-0.3, -0.25) is 9.71 Å². The van der Waals surface area contributed by atoms with E-state index in [2.05, 4.69) is 14.9 Å². The van der Waals surface area contributed by atoms with Crippen LogP contribution in [-0.2, 0) is 10.0 Å². The Morgan fingerprint density at radius 1 is 1.16 bits per heavy atom. The largest absolute Gasteiger partial charge is 0.496 e. The Balaban J connectivity index is 2.17. The topological polar surface area (TPSA) is 97.7 Å². The Bertz CT molecular complexity index is 1070. The fraction of sp³-hybridized carbons (Fsp3) is 0.0625. The monoisotopic (exact) mass is 377 g/mol. The SMILES string of the molecule is COc1ccnc2c(NS(=O)(=O)c3ccccc3N=O)c(Cl)ccc12. The summed E-state index contributed by atoms with van der Waals surface area (Å²) in [5.41, 5.74) is 0.225. The number of ether oxygens (including phenoxy) is 1. The van der Waals surface area contributed by atoms with E-state index in [4.69, 9.17) is 16.3 Å². The van der Waals surface area contributed by atoms with Gasteiger partial charge in [-0.2, -0.15) is 0 Å². The Hall–Kier alpha value is -2.71. The average Bonchev–Trinajstić information content (AvgIpc) is 2.63. The zero-order chi connectivity index (χ0) is 18.0. The first-order valence-corrected chi connectivity index (χ1v) is 8.90. The van der Waals surface area contributed by atoms with E-state index in [0.29, 0.717) is 16.7 Å². The molecule has 0 saturated heterocycles. The predicted molar refractivity (Wildman–Crippen MR) is 96.0 cm³/mol. The summed E-state index contributed by atoms with van der Waals surface area (Å²) in [6.07, 6.45) is 1.48. The molecule has 0 aliphatic carbocycles. The van der Waals surface area contributed by atoms with Crippen molar-refractivity contribution in [3.8, 4) is 5.75 Å². The zero-order valence-electron chi connectivity index (χ0n) is 12.9. The molecule has 0 spiro atoms. The summed E-state index contributed by atoms with van der Waals surface area (Å²) >= 11 is 6.17. The standard InChI is InChI=1S/C16H12ClN3O4S/c1-24-13-8-9-18-15-10(13)6-7-11(17)16(15)20-25(22,23)14-5-3-2-4-12(14)19-21/h2-9,20H,1H3. The molecule has 1 N–H and O–H groups in total. The first kappa shape index (κ1) is 17.1. The third-order valence-corrected chi connectivity index (χ3v) is 5.24. The lowest BCUT2D eigenvalue weighted by Gasteiger charge is -2.13. The number of hydrogen-bond donors (Lipinski definition) is 1. The number of pyridine rings is 1. The highest BCUT2D eigenvalue weighted by Gasteiger charge is 2.22. The quantitative estimate of drug-likeness (QED) is 0.675. The summed E-state index contributed by atoms with van der Waals surface area (Å²) in [7, 11) is -2.60. The van der Waals surface area contributed by atoms with Crippen molar-refractivity contribution < 1.29 is 13.2 Å². The Morgan fingerprint density at radius 3 is 2.64 bits per heavy atom. The van der Waals surface area contributed by atoms with Gasteiger partial charge >= 0.3 is 0 Å². The van der Waals surface area contributed by atoms with Crippen LogP contribution < -0.4 is 9.46 Å². The third kappa shape index (κ3) is 3.13. The first-order chi connectivity index (χ1) is 12.0. The molecular weight excluding hydrogens is 366 g/mol. The molecule has 0 saturated carbocycles. The number of nitrogens with zero attached hydrogens (tertiary/aromatic N) is 2. The summed E-state index contributed by atoms with van der Waals surface area (Å²) in [6, 6.07) is 10.5. The molecule has 9 heteroatoms. The molecule has 0 aliphatic rings. The predicted octanol–water partition coefficient (Wildman–Crippen LogP) is 4.10. The molecule has 128 valence electrons. The van der Waals surface area contributed by atoms with Crippen LogP contribution >= 0.6 is 11.6 Å². The molecule has 3 aromatic rings. The number of methoxy groups -OCH3 is 1. The minimum Gasteiger partial charge on any atom is -0.496 e. The lowest BCUT2D eigenvalue weighted by molar-refractivity contribution is 0.419. The van der Waals surface area contributed by atoms with E-state index in [1.54, 1.807) is 12.1 Å². The van der Waals surface area contributed by atoms with Gasteiger partial charge in [0.1, 0.15) is 16.3 Å². The minimum absolute atomic E-state index is 0.0961. The van der Waals surface area contributed by atoms with Crippen molar-refractivity contribution in [3.05, 3.63) is 58.6 Å². The minimum atomic E-state index is -4.10. The van der Waals surface area contributed by atoms with Gasteiger partial charge < -0.3 is 4.74 Å². The van der Waals surface area contributed by atoms with Gasteiger partial charge in [-0.05, 0) is 35.5 Å². The summed E-state index contributed by atoms with van der Waals surface area (Å²) in [5, 5.41) is 3.50. The van der Waals surface area contributed by atoms with Crippen molar-refractivity contribution in [2.45, 2.75) is 4.90 Å². The van der Waals surface area contributed by atoms with Crippen LogP contribution in [0.1, 0.15) is 0 Å². The van der Waals surface area contributed by atoms with Crippen LogP contribution in [0.2, 0.25) is 5.02 Å². The maximum atomic E-state index is 12.7. The second-order valence-corrected chi connectivity index (χ2v) is 7.05. The zero-order valence-corrected chi connectivity index (χ0v) is 14.5. The molecule has 1 aromatic heterocycles. The van der Waals surface area contributed by atoms with Crippen molar-refractivity contribution in [1.82, 2.24) is 4.98 Å². The molecule has 2 aromatic carbocycles. The van der Waals surface area contributed by atoms with Crippen LogP contribution in [0.25, 0.3) is 10.9 Å². The van der Waals surface area contributed by atoms with Gasteiger partial charge in [0.25, 0.3) is 10.0 Å². The summed E-state index contributed by atoms with van der Waals surface area (Å²) in [6.45, 7) is 0. The van der Waals surface area contributed by atoms with E-state index >= 15 is 0 Å². The normalized spacial score (nSPS) is 11.3. The molecule has 0 radical (unpaired) electrons. The van der Waals surface area contributed by atoms with Crippen molar-refractivity contribution in [3.63, 3.8) is 0 Å². The van der Waals surface area contributed by atoms with Crippen LogP contribution in [0.3, 0.4) is 0 Å². The molecule has 0 atom stereocenters. The van der Waals surface area contributed by atoms with Gasteiger partial charge in [-0.25, -0.2) is 8.42 Å². The highest BCUT2D eigenvalue weighted by molar-refractivity contribution is 7.93. The number of fused-ring (bicyclic) bond motifs is 1. The van der Waals surface area contributed by atoms with E-state index in [-0.39, 0.29) is 21.3 Å². The smallest absolute Gasteiger partial charge is 0.264 e. The van der Waals surface area contributed by atoms with Crippen molar-refractivity contribution in [2.24, 2.45) is 5.18 Å². The van der Waals surface area contributed by atoms with E-state index < -0.39 is 10.0 Å². The van der Waals surface area contributed by atoms with Gasteiger partial charge in [-0.15, -0.1) is 4.91 Å². The second kappa shape index (κ2) is 6.66. The molecule has 3 rings (SSSR count). The van der Waals surface area contributed by atoms with Crippen LogP contribution in [0.15, 0.2) is 58.7 Å². The average molecular weight is 378 g/mol. The van der Waals surface area contributed by atoms with E-state index in [0.717, 1.165) is 0 Å². The highest BCUT2D eigenvalue weighted by atomic mass is 35.5. The second-order valence-electron chi connectivity index (χ2n) is 5.00. The number of halogens is 1. The number of nitrogens with one attached hydrogen (secondary N) is 1. The number of aromatic nitrogens is 1. The maximum absolute atomic E-state index is 12.7. The molecule has 0 unspecified atom stereocenters. The summed E-state index contributed by atoms with van der Waals surface area (Å²) in [4.78, 5) is 14.8. The number of nitroso groups, excluding NO2 is 1. The first-order valence-electron chi connectivity index (χ1n) is 7.04. The highest BCUT2D eigenvalue weighted by Crippen LogP contribution is 2.36. The number of hydrogen-bond acceptors (Lipinski definition) is 6. The van der Waals surface area contributed by atoms with Crippen LogP contribution in [0.4, 0.5) is 11.4 Å². The van der Waals surface area contributed by atoms with Crippen LogP contribution in [-0.4, -0.2) is 20.5 Å². The Labute approximate surface area is 148 Å². The third-order valence-electron chi connectivity index (χ3n) is 3.53. The van der Waals surface area contributed by atoms with E-state index in [1.807, 2.05) is 0 Å². The molecule has 7 nitrogen and oxygen atoms in total. The summed E-state index contributed by atoms with van der Waals surface area (Å²) < 4.78 is 33.1. The number of anilines is 1. The molecule has 25 heavy (non-hydrogen) atoms. The number of rotatable bonds is 5. The summed E-state index contributed by atoms with van der Waals surface area (Å²) in [5.74, 6) is 0.525. The molecule has 0 amide bonds. The molecule has 0 aliphatic heterocycles.